The van der Waals surface area contributed by atoms with Crippen LogP contribution in [-0.4, -0.2) is 16.2 Å². The predicted molar refractivity (Wildman–Crippen MR) is 66.0 cm³/mol. The van der Waals surface area contributed by atoms with E-state index < -0.39 is 5.97 Å². The number of hydrogen-bond donors (Lipinski definition) is 3. The van der Waals surface area contributed by atoms with E-state index in [0.29, 0.717) is 0 Å². The summed E-state index contributed by atoms with van der Waals surface area (Å²) in [6.07, 6.45) is -0.160. The Hall–Kier alpha value is -2.06. The lowest BCUT2D eigenvalue weighted by molar-refractivity contribution is -0.135. The fraction of sp³-hybridized carbons (Fsp3) is 0.0909. The monoisotopic (exact) mass is 234 g/mol. The number of aliphatic carboxylic acids is 1. The van der Waals surface area contributed by atoms with Crippen LogP contribution in [0.1, 0.15) is 12.0 Å². The van der Waals surface area contributed by atoms with Crippen LogP contribution in [0.25, 0.3) is 0 Å². The molecule has 4 N–H and O–H groups in total. The Balaban J connectivity index is 2.66. The van der Waals surface area contributed by atoms with Crippen LogP contribution in [0, 0.1) is 11.8 Å². The van der Waals surface area contributed by atoms with Crippen molar-refractivity contribution in [3.05, 3.63) is 29.8 Å². The number of rotatable bonds is 2. The lowest BCUT2D eigenvalue weighted by Gasteiger charge is -2.02. The summed E-state index contributed by atoms with van der Waals surface area (Å²) in [5, 5.41) is 11.4. The molecule has 0 bridgehead atoms. The third-order valence-corrected chi connectivity index (χ3v) is 1.73. The Morgan fingerprint density at radius 1 is 1.44 bits per heavy atom. The number of carboxylic acid groups (broad SMARTS) is 1. The number of nitrogens with one attached hydrogen (secondary N) is 1. The van der Waals surface area contributed by atoms with Gasteiger partial charge in [-0.25, -0.2) is 0 Å². The third kappa shape index (κ3) is 4.44. The topological polar surface area (TPSA) is 75.3 Å². The maximum atomic E-state index is 10.2. The van der Waals surface area contributed by atoms with Gasteiger partial charge in [-0.05, 0) is 36.5 Å². The van der Waals surface area contributed by atoms with Crippen molar-refractivity contribution < 1.29 is 9.90 Å². The zero-order valence-electron chi connectivity index (χ0n) is 8.36. The van der Waals surface area contributed by atoms with Crippen LogP contribution in [0.15, 0.2) is 24.3 Å². The van der Waals surface area contributed by atoms with Gasteiger partial charge in [0.25, 0.3) is 0 Å². The normalized spacial score (nSPS) is 8.75. The first kappa shape index (κ1) is 12.0. The standard InChI is InChI=1S/C11H10N2O2S/c12-11(16)13-9-6-4-8(5-7-9)2-1-3-10(14)15/h4-7H,3H2,(H,14,15)(H3,12,13,16). The van der Waals surface area contributed by atoms with Crippen molar-refractivity contribution in [2.24, 2.45) is 5.73 Å². The van der Waals surface area contributed by atoms with Gasteiger partial charge in [0.1, 0.15) is 6.42 Å². The molecule has 1 rings (SSSR count). The molecular weight excluding hydrogens is 224 g/mol. The molecule has 0 atom stereocenters. The average Bonchev–Trinajstić information content (AvgIpc) is 2.19. The van der Waals surface area contributed by atoms with Crippen molar-refractivity contribution >= 4 is 29.0 Å². The van der Waals surface area contributed by atoms with Gasteiger partial charge in [0.2, 0.25) is 0 Å². The van der Waals surface area contributed by atoms with E-state index in [9.17, 15) is 4.79 Å². The fourth-order valence-corrected chi connectivity index (χ4v) is 1.12. The number of carbonyl (C=O) groups is 1. The van der Waals surface area contributed by atoms with Crippen molar-refractivity contribution in [2.75, 3.05) is 5.32 Å². The van der Waals surface area contributed by atoms with Crippen LogP contribution >= 0.6 is 12.2 Å². The molecule has 0 aliphatic rings. The van der Waals surface area contributed by atoms with Crippen molar-refractivity contribution in [3.63, 3.8) is 0 Å². The molecule has 0 unspecified atom stereocenters. The average molecular weight is 234 g/mol. The Bertz CT molecular complexity index is 457. The van der Waals surface area contributed by atoms with Crippen molar-refractivity contribution in [3.8, 4) is 11.8 Å². The molecule has 0 fully saturated rings. The van der Waals surface area contributed by atoms with E-state index in [2.05, 4.69) is 29.4 Å². The first-order valence-corrected chi connectivity index (χ1v) is 4.86. The van der Waals surface area contributed by atoms with Gasteiger partial charge in [0.05, 0.1) is 0 Å². The predicted octanol–water partition coefficient (Wildman–Crippen LogP) is 1.17. The molecular formula is C11H10N2O2S. The van der Waals surface area contributed by atoms with Crippen LogP contribution in [-0.2, 0) is 4.79 Å². The maximum Gasteiger partial charge on any atom is 0.315 e. The van der Waals surface area contributed by atoms with Gasteiger partial charge in [0, 0.05) is 11.3 Å². The van der Waals surface area contributed by atoms with Crippen molar-refractivity contribution in [1.29, 1.82) is 0 Å². The first-order chi connectivity index (χ1) is 7.58. The SMILES string of the molecule is NC(=S)Nc1ccc(C#CCC(=O)O)cc1. The maximum absolute atomic E-state index is 10.2. The highest BCUT2D eigenvalue weighted by atomic mass is 32.1. The molecule has 82 valence electrons. The largest absolute Gasteiger partial charge is 0.481 e. The van der Waals surface area contributed by atoms with E-state index in [-0.39, 0.29) is 11.5 Å². The molecule has 0 aromatic heterocycles. The number of anilines is 1. The minimum Gasteiger partial charge on any atom is -0.481 e. The molecule has 5 heteroatoms. The van der Waals surface area contributed by atoms with Crippen molar-refractivity contribution in [1.82, 2.24) is 0 Å². The summed E-state index contributed by atoms with van der Waals surface area (Å²) in [7, 11) is 0. The molecule has 0 heterocycles. The van der Waals surface area contributed by atoms with Gasteiger partial charge in [-0.2, -0.15) is 0 Å². The number of nitrogens with two attached hydrogens (primary N) is 1. The fourth-order valence-electron chi connectivity index (χ4n) is 1.00. The van der Waals surface area contributed by atoms with E-state index >= 15 is 0 Å². The van der Waals surface area contributed by atoms with Gasteiger partial charge in [-0.3, -0.25) is 4.79 Å². The van der Waals surface area contributed by atoms with Gasteiger partial charge in [-0.15, -0.1) is 0 Å². The van der Waals surface area contributed by atoms with Crippen LogP contribution < -0.4 is 11.1 Å². The third-order valence-electron chi connectivity index (χ3n) is 1.62. The van der Waals surface area contributed by atoms with E-state index in [0.717, 1.165) is 11.3 Å². The zero-order valence-corrected chi connectivity index (χ0v) is 9.17. The summed E-state index contributed by atoms with van der Waals surface area (Å²) in [6.45, 7) is 0. The highest BCUT2D eigenvalue weighted by Gasteiger charge is 1.93. The molecule has 0 amide bonds. The number of carboxylic acids is 1. The summed E-state index contributed by atoms with van der Waals surface area (Å²) in [6, 6.07) is 7.05. The summed E-state index contributed by atoms with van der Waals surface area (Å²) < 4.78 is 0. The second kappa shape index (κ2) is 5.73. The molecule has 0 radical (unpaired) electrons. The molecule has 0 aliphatic heterocycles. The number of hydrogen-bond acceptors (Lipinski definition) is 2. The molecule has 1 aromatic rings. The molecule has 0 spiro atoms. The molecule has 0 aliphatic carbocycles. The summed E-state index contributed by atoms with van der Waals surface area (Å²) in [5.41, 5.74) is 6.82. The van der Waals surface area contributed by atoms with E-state index in [4.69, 9.17) is 10.8 Å². The highest BCUT2D eigenvalue weighted by molar-refractivity contribution is 7.80. The highest BCUT2D eigenvalue weighted by Crippen LogP contribution is 2.08. The van der Waals surface area contributed by atoms with Crippen LogP contribution in [0.2, 0.25) is 0 Å². The molecule has 0 saturated heterocycles. The summed E-state index contributed by atoms with van der Waals surface area (Å²) >= 11 is 4.68. The van der Waals surface area contributed by atoms with Crippen LogP contribution in [0.3, 0.4) is 0 Å². The zero-order chi connectivity index (χ0) is 12.0. The Morgan fingerprint density at radius 2 is 2.06 bits per heavy atom. The minimum absolute atomic E-state index is 0.160. The second-order valence-electron chi connectivity index (χ2n) is 2.94. The Kier molecular flexibility index (Phi) is 4.30. The van der Waals surface area contributed by atoms with Gasteiger partial charge >= 0.3 is 5.97 Å². The van der Waals surface area contributed by atoms with Crippen LogP contribution in [0.4, 0.5) is 5.69 Å². The quantitative estimate of drug-likeness (QED) is 0.529. The molecule has 4 nitrogen and oxygen atoms in total. The van der Waals surface area contributed by atoms with Gasteiger partial charge < -0.3 is 16.2 Å². The smallest absolute Gasteiger partial charge is 0.315 e. The molecule has 1 aromatic carbocycles. The Morgan fingerprint density at radius 3 is 2.56 bits per heavy atom. The number of thiocarbonyl (C=S) groups is 1. The van der Waals surface area contributed by atoms with E-state index in [1.165, 1.54) is 0 Å². The van der Waals surface area contributed by atoms with E-state index in [1.807, 2.05) is 0 Å². The first-order valence-electron chi connectivity index (χ1n) is 4.45. The second-order valence-corrected chi connectivity index (χ2v) is 3.38. The van der Waals surface area contributed by atoms with Gasteiger partial charge in [0.15, 0.2) is 5.11 Å². The van der Waals surface area contributed by atoms with Crippen molar-refractivity contribution in [2.45, 2.75) is 6.42 Å². The number of benzene rings is 1. The van der Waals surface area contributed by atoms with Crippen LogP contribution in [0.5, 0.6) is 0 Å². The molecule has 16 heavy (non-hydrogen) atoms. The lowest BCUT2D eigenvalue weighted by atomic mass is 10.2. The summed E-state index contributed by atoms with van der Waals surface area (Å²) in [4.78, 5) is 10.2. The lowest BCUT2D eigenvalue weighted by Crippen LogP contribution is -2.18. The Labute approximate surface area is 98.5 Å². The molecule has 0 saturated carbocycles. The van der Waals surface area contributed by atoms with Gasteiger partial charge in [-0.1, -0.05) is 11.8 Å². The minimum atomic E-state index is -0.931. The van der Waals surface area contributed by atoms with E-state index in [1.54, 1.807) is 24.3 Å². The summed E-state index contributed by atoms with van der Waals surface area (Å²) in [5.74, 6) is 4.34.